The van der Waals surface area contributed by atoms with Crippen LogP contribution in [-0.2, 0) is 11.2 Å². The number of carbonyl (C=O) groups is 1. The molecule has 0 aliphatic carbocycles. The standard InChI is InChI=1S/C20H36N6O2S.HI/c1-19(2,3)28-18(27)25-20(4,5)14-23-16(21-6)22-10-9-15-13-29-17(24-15)26-11-7-8-12-26;/h13H,7-12,14H2,1-6H3,(H,25,27)(H2,21,22,23);1H. The summed E-state index contributed by atoms with van der Waals surface area (Å²) >= 11 is 1.72. The molecule has 0 atom stereocenters. The largest absolute Gasteiger partial charge is 0.444 e. The van der Waals surface area contributed by atoms with Crippen LogP contribution in [0.3, 0.4) is 0 Å². The Morgan fingerprint density at radius 1 is 1.23 bits per heavy atom. The second-order valence-electron chi connectivity index (χ2n) is 8.93. The van der Waals surface area contributed by atoms with Crippen molar-refractivity contribution in [2.24, 2.45) is 4.99 Å². The van der Waals surface area contributed by atoms with E-state index in [9.17, 15) is 4.79 Å². The first kappa shape index (κ1) is 26.7. The van der Waals surface area contributed by atoms with Crippen LogP contribution in [0.1, 0.15) is 53.2 Å². The van der Waals surface area contributed by atoms with Crippen LogP contribution in [0.5, 0.6) is 0 Å². The number of anilines is 1. The van der Waals surface area contributed by atoms with Crippen LogP contribution in [0.25, 0.3) is 0 Å². The van der Waals surface area contributed by atoms with E-state index in [0.29, 0.717) is 12.5 Å². The van der Waals surface area contributed by atoms with Gasteiger partial charge in [-0.3, -0.25) is 4.99 Å². The van der Waals surface area contributed by atoms with E-state index in [-0.39, 0.29) is 24.0 Å². The van der Waals surface area contributed by atoms with Crippen LogP contribution in [0.15, 0.2) is 10.4 Å². The van der Waals surface area contributed by atoms with E-state index in [1.165, 1.54) is 12.8 Å². The number of ether oxygens (including phenoxy) is 1. The van der Waals surface area contributed by atoms with E-state index < -0.39 is 17.2 Å². The molecular formula is C20H37IN6O2S. The molecule has 1 amide bonds. The summed E-state index contributed by atoms with van der Waals surface area (Å²) in [5, 5.41) is 12.7. The SMILES string of the molecule is CN=C(NCCc1csc(N2CCCC2)n1)NCC(C)(C)NC(=O)OC(C)(C)C.I. The van der Waals surface area contributed by atoms with Crippen LogP contribution in [0.4, 0.5) is 9.93 Å². The van der Waals surface area contributed by atoms with Crippen LogP contribution in [0.2, 0.25) is 0 Å². The quantitative estimate of drug-likeness (QED) is 0.273. The molecule has 0 aromatic carbocycles. The summed E-state index contributed by atoms with van der Waals surface area (Å²) in [5.41, 5.74) is 0.0985. The number of aromatic nitrogens is 1. The minimum absolute atomic E-state index is 0. The van der Waals surface area contributed by atoms with Gasteiger partial charge in [0.25, 0.3) is 0 Å². The van der Waals surface area contributed by atoms with Crippen molar-refractivity contribution in [1.82, 2.24) is 20.9 Å². The molecule has 0 unspecified atom stereocenters. The number of thiazole rings is 1. The van der Waals surface area contributed by atoms with Gasteiger partial charge in [0.1, 0.15) is 5.60 Å². The van der Waals surface area contributed by atoms with Crippen LogP contribution >= 0.6 is 35.3 Å². The second-order valence-corrected chi connectivity index (χ2v) is 9.77. The number of aliphatic imine (C=N–C) groups is 1. The second kappa shape index (κ2) is 11.9. The zero-order chi connectivity index (χ0) is 21.5. The summed E-state index contributed by atoms with van der Waals surface area (Å²) in [5.74, 6) is 0.694. The van der Waals surface area contributed by atoms with E-state index in [4.69, 9.17) is 9.72 Å². The zero-order valence-corrected chi connectivity index (χ0v) is 22.1. The third kappa shape index (κ3) is 9.67. The van der Waals surface area contributed by atoms with Gasteiger partial charge in [0.2, 0.25) is 0 Å². The summed E-state index contributed by atoms with van der Waals surface area (Å²) in [6.07, 6.45) is 2.93. The van der Waals surface area contributed by atoms with Crippen molar-refractivity contribution < 1.29 is 9.53 Å². The highest BCUT2D eigenvalue weighted by molar-refractivity contribution is 14.0. The molecule has 1 aliphatic rings. The maximum Gasteiger partial charge on any atom is 0.408 e. The number of carbonyl (C=O) groups excluding carboxylic acids is 1. The first-order valence-corrected chi connectivity index (χ1v) is 11.1. The maximum absolute atomic E-state index is 12.0. The van der Waals surface area contributed by atoms with Gasteiger partial charge in [-0.2, -0.15) is 0 Å². The lowest BCUT2D eigenvalue weighted by molar-refractivity contribution is 0.0474. The molecule has 0 spiro atoms. The van der Waals surface area contributed by atoms with Crippen molar-refractivity contribution in [3.8, 4) is 0 Å². The van der Waals surface area contributed by atoms with Gasteiger partial charge < -0.3 is 25.6 Å². The molecule has 0 saturated carbocycles. The number of nitrogens with zero attached hydrogens (tertiary/aromatic N) is 3. The fraction of sp³-hybridized carbons (Fsp3) is 0.750. The molecule has 172 valence electrons. The average Bonchev–Trinajstić information content (AvgIpc) is 3.26. The van der Waals surface area contributed by atoms with E-state index in [1.807, 2.05) is 34.6 Å². The highest BCUT2D eigenvalue weighted by Crippen LogP contribution is 2.24. The minimum Gasteiger partial charge on any atom is -0.444 e. The van der Waals surface area contributed by atoms with Crippen molar-refractivity contribution in [3.63, 3.8) is 0 Å². The summed E-state index contributed by atoms with van der Waals surface area (Å²) < 4.78 is 5.33. The molecule has 30 heavy (non-hydrogen) atoms. The van der Waals surface area contributed by atoms with E-state index in [0.717, 1.165) is 36.9 Å². The number of alkyl carbamates (subject to hydrolysis) is 1. The smallest absolute Gasteiger partial charge is 0.408 e. The number of halogens is 1. The predicted molar refractivity (Wildman–Crippen MR) is 135 cm³/mol. The summed E-state index contributed by atoms with van der Waals surface area (Å²) in [6, 6.07) is 0. The number of hydrogen-bond donors (Lipinski definition) is 3. The highest BCUT2D eigenvalue weighted by atomic mass is 127. The Bertz CT molecular complexity index is 696. The minimum atomic E-state index is -0.518. The van der Waals surface area contributed by atoms with E-state index >= 15 is 0 Å². The predicted octanol–water partition coefficient (Wildman–Crippen LogP) is 3.37. The molecule has 2 rings (SSSR count). The third-order valence-corrected chi connectivity index (χ3v) is 5.30. The van der Waals surface area contributed by atoms with E-state index in [2.05, 4.69) is 31.2 Å². The first-order chi connectivity index (χ1) is 13.6. The molecule has 1 aliphatic heterocycles. The third-order valence-electron chi connectivity index (χ3n) is 4.35. The average molecular weight is 553 g/mol. The van der Waals surface area contributed by atoms with Crippen LogP contribution in [-0.4, -0.2) is 61.4 Å². The number of amides is 1. The lowest BCUT2D eigenvalue weighted by Gasteiger charge is -2.29. The molecule has 0 bridgehead atoms. The van der Waals surface area contributed by atoms with Crippen molar-refractivity contribution in [3.05, 3.63) is 11.1 Å². The molecule has 8 nitrogen and oxygen atoms in total. The van der Waals surface area contributed by atoms with Gasteiger partial charge in [0.15, 0.2) is 11.1 Å². The summed E-state index contributed by atoms with van der Waals surface area (Å²) in [4.78, 5) is 23.4. The Balaban J connectivity index is 0.00000450. The molecule has 2 heterocycles. The molecule has 1 saturated heterocycles. The fourth-order valence-electron chi connectivity index (χ4n) is 2.92. The van der Waals surface area contributed by atoms with Crippen molar-refractivity contribution >= 4 is 52.5 Å². The fourth-order valence-corrected chi connectivity index (χ4v) is 3.84. The van der Waals surface area contributed by atoms with Gasteiger partial charge in [-0.15, -0.1) is 35.3 Å². The Morgan fingerprint density at radius 2 is 1.90 bits per heavy atom. The molecule has 3 N–H and O–H groups in total. The summed E-state index contributed by atoms with van der Waals surface area (Å²) in [7, 11) is 1.73. The highest BCUT2D eigenvalue weighted by Gasteiger charge is 2.24. The zero-order valence-electron chi connectivity index (χ0n) is 19.0. The van der Waals surface area contributed by atoms with Crippen LogP contribution < -0.4 is 20.9 Å². The van der Waals surface area contributed by atoms with Crippen LogP contribution in [0, 0.1) is 0 Å². The number of hydrogen-bond acceptors (Lipinski definition) is 6. The van der Waals surface area contributed by atoms with Gasteiger partial charge >= 0.3 is 6.09 Å². The topological polar surface area (TPSA) is 90.9 Å². The van der Waals surface area contributed by atoms with Crippen molar-refractivity contribution in [2.45, 2.75) is 65.0 Å². The lowest BCUT2D eigenvalue weighted by atomic mass is 10.1. The first-order valence-electron chi connectivity index (χ1n) is 10.2. The van der Waals surface area contributed by atoms with Gasteiger partial charge in [0.05, 0.1) is 11.2 Å². The van der Waals surface area contributed by atoms with Crippen molar-refractivity contribution in [1.29, 1.82) is 0 Å². The summed E-state index contributed by atoms with van der Waals surface area (Å²) in [6.45, 7) is 12.9. The van der Waals surface area contributed by atoms with Crippen molar-refractivity contribution in [2.75, 3.05) is 38.1 Å². The Labute approximate surface area is 201 Å². The van der Waals surface area contributed by atoms with Gasteiger partial charge in [0, 0.05) is 45.0 Å². The maximum atomic E-state index is 12.0. The molecule has 10 heteroatoms. The normalized spacial score (nSPS) is 14.9. The van der Waals surface area contributed by atoms with Gasteiger partial charge in [-0.1, -0.05) is 0 Å². The Kier molecular flexibility index (Phi) is 10.6. The van der Waals surface area contributed by atoms with Gasteiger partial charge in [-0.25, -0.2) is 9.78 Å². The molecule has 1 fully saturated rings. The van der Waals surface area contributed by atoms with E-state index in [1.54, 1.807) is 18.4 Å². The number of guanidine groups is 1. The van der Waals surface area contributed by atoms with Gasteiger partial charge in [-0.05, 0) is 47.5 Å². The number of rotatable bonds is 7. The Morgan fingerprint density at radius 3 is 2.50 bits per heavy atom. The number of nitrogens with one attached hydrogen (secondary N) is 3. The lowest BCUT2D eigenvalue weighted by Crippen LogP contribution is -2.54. The molecular weight excluding hydrogens is 515 g/mol. The monoisotopic (exact) mass is 552 g/mol. The molecule has 1 aromatic rings. The Hall–Kier alpha value is -1.30. The molecule has 1 aromatic heterocycles. The molecule has 0 radical (unpaired) electrons.